The Morgan fingerprint density at radius 2 is 1.53 bits per heavy atom. The van der Waals surface area contributed by atoms with Crippen LogP contribution < -0.4 is 26.8 Å². The maximum absolute atomic E-state index is 12.9. The number of hydrogen-bond acceptors (Lipinski definition) is 6. The zero-order valence-electron chi connectivity index (χ0n) is 19.9. The minimum Gasteiger partial charge on any atom is -0.550 e. The van der Waals surface area contributed by atoms with Gasteiger partial charge in [-0.25, -0.2) is 0 Å². The molecule has 4 saturated carbocycles. The van der Waals surface area contributed by atoms with Crippen LogP contribution in [0.3, 0.4) is 0 Å². The highest BCUT2D eigenvalue weighted by Gasteiger charge is 2.54. The van der Waals surface area contributed by atoms with Crippen LogP contribution in [0.15, 0.2) is 0 Å². The first-order valence-corrected chi connectivity index (χ1v) is 12.4. The van der Waals surface area contributed by atoms with Gasteiger partial charge in [0, 0.05) is 24.3 Å². The summed E-state index contributed by atoms with van der Waals surface area (Å²) in [6, 6.07) is -2.06. The lowest BCUT2D eigenvalue weighted by Crippen LogP contribution is -2.53. The molecule has 4 aliphatic carbocycles. The zero-order chi connectivity index (χ0) is 24.9. The van der Waals surface area contributed by atoms with Gasteiger partial charge in [0.05, 0.1) is 0 Å². The molecular weight excluding hydrogens is 440 g/mol. The van der Waals surface area contributed by atoms with Crippen LogP contribution in [0.2, 0.25) is 0 Å². The van der Waals surface area contributed by atoms with Crippen molar-refractivity contribution in [3.05, 3.63) is 0 Å². The highest BCUT2D eigenvalue weighted by Crippen LogP contribution is 2.60. The van der Waals surface area contributed by atoms with Crippen molar-refractivity contribution in [2.45, 2.75) is 89.6 Å². The fourth-order valence-electron chi connectivity index (χ4n) is 6.41. The molecule has 4 rings (SSSR count). The van der Waals surface area contributed by atoms with Crippen LogP contribution >= 0.6 is 0 Å². The Morgan fingerprint density at radius 3 is 2.06 bits per heavy atom. The van der Waals surface area contributed by atoms with Gasteiger partial charge in [-0.3, -0.25) is 19.2 Å². The lowest BCUT2D eigenvalue weighted by Gasteiger charge is -2.55. The van der Waals surface area contributed by atoms with E-state index in [9.17, 15) is 29.1 Å². The molecule has 4 amide bonds. The average Bonchev–Trinajstić information content (AvgIpc) is 2.74. The van der Waals surface area contributed by atoms with Crippen LogP contribution in [0.4, 0.5) is 0 Å². The fraction of sp³-hybridized carbons (Fsp3) is 0.792. The van der Waals surface area contributed by atoms with E-state index < -0.39 is 36.3 Å². The van der Waals surface area contributed by atoms with E-state index in [1.165, 1.54) is 26.2 Å². The fourth-order valence-corrected chi connectivity index (χ4v) is 6.41. The summed E-state index contributed by atoms with van der Waals surface area (Å²) >= 11 is 0. The summed E-state index contributed by atoms with van der Waals surface area (Å²) in [6.45, 7) is 2.00. The minimum absolute atomic E-state index is 0.168. The van der Waals surface area contributed by atoms with Gasteiger partial charge in [-0.2, -0.15) is 0 Å². The average molecular weight is 478 g/mol. The number of amides is 4. The molecule has 0 unspecified atom stereocenters. The Bertz CT molecular complexity index is 778. The van der Waals surface area contributed by atoms with Crippen molar-refractivity contribution >= 4 is 29.6 Å². The Kier molecular flexibility index (Phi) is 8.54. The maximum Gasteiger partial charge on any atom is 0.242 e. The number of nitrogens with two attached hydrogens (primary N) is 1. The van der Waals surface area contributed by atoms with Crippen molar-refractivity contribution in [2.24, 2.45) is 28.9 Å². The Hall–Kier alpha value is -2.65. The highest BCUT2D eigenvalue weighted by molar-refractivity contribution is 5.91. The lowest BCUT2D eigenvalue weighted by molar-refractivity contribution is -0.305. The largest absolute Gasteiger partial charge is 0.550 e. The highest BCUT2D eigenvalue weighted by atomic mass is 16.4. The number of hydrogen-bond donors (Lipinski definition) is 4. The van der Waals surface area contributed by atoms with Gasteiger partial charge in [0.1, 0.15) is 12.1 Å². The Balaban J connectivity index is 1.31. The molecule has 5 N–H and O–H groups in total. The number of nitrogens with one attached hydrogen (secondary N) is 3. The summed E-state index contributed by atoms with van der Waals surface area (Å²) in [5, 5.41) is 18.6. The molecule has 0 radical (unpaired) electrons. The van der Waals surface area contributed by atoms with E-state index in [0.29, 0.717) is 37.1 Å². The van der Waals surface area contributed by atoms with Crippen LogP contribution in [0, 0.1) is 23.2 Å². The third-order valence-electron chi connectivity index (χ3n) is 7.70. The monoisotopic (exact) mass is 477 g/mol. The molecule has 2 atom stereocenters. The van der Waals surface area contributed by atoms with Gasteiger partial charge >= 0.3 is 0 Å². The van der Waals surface area contributed by atoms with Crippen molar-refractivity contribution in [3.8, 4) is 0 Å². The van der Waals surface area contributed by atoms with Crippen molar-refractivity contribution in [1.82, 2.24) is 16.0 Å². The van der Waals surface area contributed by atoms with E-state index in [4.69, 9.17) is 5.73 Å². The molecule has 4 bridgehead atoms. The first kappa shape index (κ1) is 26.0. The molecule has 0 aromatic heterocycles. The first-order chi connectivity index (χ1) is 16.1. The lowest BCUT2D eigenvalue weighted by atomic mass is 9.49. The predicted molar refractivity (Wildman–Crippen MR) is 120 cm³/mol. The van der Waals surface area contributed by atoms with E-state index >= 15 is 0 Å². The van der Waals surface area contributed by atoms with Gasteiger partial charge in [-0.1, -0.05) is 0 Å². The normalized spacial score (nSPS) is 28.6. The van der Waals surface area contributed by atoms with E-state index in [2.05, 4.69) is 16.0 Å². The van der Waals surface area contributed by atoms with Gasteiger partial charge in [0.15, 0.2) is 0 Å². The van der Waals surface area contributed by atoms with Gasteiger partial charge in [0.25, 0.3) is 0 Å². The van der Waals surface area contributed by atoms with Crippen LogP contribution in [-0.2, 0) is 24.0 Å². The number of rotatable bonds is 13. The maximum atomic E-state index is 12.9. The number of carboxylic acid groups (broad SMARTS) is 1. The van der Waals surface area contributed by atoms with Crippen molar-refractivity contribution < 1.29 is 29.1 Å². The number of carbonyl (C=O) groups is 5. The quantitative estimate of drug-likeness (QED) is 0.260. The third-order valence-corrected chi connectivity index (χ3v) is 7.70. The SMILES string of the molecule is C[C@H](NC(=O)CCCCNC(=O)C12CC3CC(CC(C3)C1)C2)C(=O)N[C@H](CCC(=O)[O-])C(N)=O. The Labute approximate surface area is 200 Å². The predicted octanol–water partition coefficient (Wildman–Crippen LogP) is -0.506. The van der Waals surface area contributed by atoms with E-state index in [0.717, 1.165) is 19.3 Å². The van der Waals surface area contributed by atoms with Crippen molar-refractivity contribution in [1.29, 1.82) is 0 Å². The van der Waals surface area contributed by atoms with Crippen LogP contribution in [0.5, 0.6) is 0 Å². The molecule has 10 nitrogen and oxygen atoms in total. The summed E-state index contributed by atoms with van der Waals surface area (Å²) in [5.74, 6) is -0.825. The number of carboxylic acids is 1. The standard InChI is InChI=1S/C24H38N4O6/c1-14(22(33)28-18(21(25)32)5-6-20(30)31)27-19(29)4-2-3-7-26-23(34)24-11-15-8-16(12-24)10-17(9-15)13-24/h14-18H,2-13H2,1H3,(H2,25,32)(H,26,34)(H,27,29)(H,28,33)(H,30,31)/p-1/t14-,15?,16?,17?,18+,24?/m0/s1. The third kappa shape index (κ3) is 6.70. The van der Waals surface area contributed by atoms with E-state index in [1.54, 1.807) is 0 Å². The summed E-state index contributed by atoms with van der Waals surface area (Å²) in [7, 11) is 0. The second kappa shape index (κ2) is 11.2. The van der Waals surface area contributed by atoms with E-state index in [1.807, 2.05) is 0 Å². The van der Waals surface area contributed by atoms with Gasteiger partial charge < -0.3 is 31.6 Å². The molecule has 34 heavy (non-hydrogen) atoms. The van der Waals surface area contributed by atoms with Crippen LogP contribution in [-0.4, -0.2) is 48.2 Å². The van der Waals surface area contributed by atoms with Gasteiger partial charge in [0.2, 0.25) is 23.6 Å². The molecule has 4 aliphatic rings. The molecule has 0 heterocycles. The molecule has 0 spiro atoms. The Morgan fingerprint density at radius 1 is 0.941 bits per heavy atom. The number of primary amides is 1. The zero-order valence-corrected chi connectivity index (χ0v) is 19.9. The minimum atomic E-state index is -1.35. The first-order valence-electron chi connectivity index (χ1n) is 12.4. The summed E-state index contributed by atoms with van der Waals surface area (Å²) in [5.41, 5.74) is 5.02. The van der Waals surface area contributed by atoms with Gasteiger partial charge in [-0.05, 0) is 88.9 Å². The molecule has 190 valence electrons. The van der Waals surface area contributed by atoms with Gasteiger partial charge in [-0.15, -0.1) is 0 Å². The molecule has 0 aromatic rings. The van der Waals surface area contributed by atoms with E-state index in [-0.39, 0.29) is 30.1 Å². The molecule has 0 aromatic carbocycles. The summed E-state index contributed by atoms with van der Waals surface area (Å²) < 4.78 is 0. The summed E-state index contributed by atoms with van der Waals surface area (Å²) in [4.78, 5) is 59.3. The van der Waals surface area contributed by atoms with Crippen LogP contribution in [0.25, 0.3) is 0 Å². The second-order valence-electron chi connectivity index (χ2n) is 10.6. The number of unbranched alkanes of at least 4 members (excludes halogenated alkanes) is 1. The van der Waals surface area contributed by atoms with Crippen molar-refractivity contribution in [2.75, 3.05) is 6.54 Å². The molecule has 10 heteroatoms. The second-order valence-corrected chi connectivity index (χ2v) is 10.6. The van der Waals surface area contributed by atoms with Crippen molar-refractivity contribution in [3.63, 3.8) is 0 Å². The number of aliphatic carboxylic acids is 1. The molecule has 4 fully saturated rings. The summed E-state index contributed by atoms with van der Waals surface area (Å²) in [6.07, 6.45) is 7.78. The topological polar surface area (TPSA) is 171 Å². The molecule has 0 saturated heterocycles. The molecule has 0 aliphatic heterocycles. The number of carbonyl (C=O) groups excluding carboxylic acids is 5. The smallest absolute Gasteiger partial charge is 0.242 e. The van der Waals surface area contributed by atoms with Crippen LogP contribution in [0.1, 0.15) is 77.6 Å². The molecular formula is C24H37N4O6-.